The number of nitrogens with zero attached hydrogens (tertiary/aromatic N) is 1. The quantitative estimate of drug-likeness (QED) is 0.790. The smallest absolute Gasteiger partial charge is 0.0948 e. The fourth-order valence-corrected chi connectivity index (χ4v) is 2.69. The highest BCUT2D eigenvalue weighted by molar-refractivity contribution is 14.0. The summed E-state index contributed by atoms with van der Waals surface area (Å²) in [5, 5.41) is 10.9. The summed E-state index contributed by atoms with van der Waals surface area (Å²) in [7, 11) is 2.13. The van der Waals surface area contributed by atoms with Gasteiger partial charge in [0, 0.05) is 18.5 Å². The Morgan fingerprint density at radius 2 is 1.82 bits per heavy atom. The fourth-order valence-electron chi connectivity index (χ4n) is 2.69. The van der Waals surface area contributed by atoms with E-state index in [4.69, 9.17) is 0 Å². The number of hydrogen-bond donors (Lipinski definition) is 1. The van der Waals surface area contributed by atoms with Crippen LogP contribution in [0.5, 0.6) is 0 Å². The zero-order chi connectivity index (χ0) is 11.8. The number of rotatable bonds is 1. The zero-order valence-electron chi connectivity index (χ0n) is 10.8. The SMILES string of the molecule is CC1C(C)C(O)(c2ccccc2)CCN1C.I. The number of hydrogen-bond acceptors (Lipinski definition) is 2. The fraction of sp³-hybridized carbons (Fsp3) is 0.571. The highest BCUT2D eigenvalue weighted by Gasteiger charge is 2.43. The molecule has 0 spiro atoms. The molecule has 2 rings (SSSR count). The number of benzene rings is 1. The van der Waals surface area contributed by atoms with Crippen molar-refractivity contribution in [3.63, 3.8) is 0 Å². The first-order valence-electron chi connectivity index (χ1n) is 6.04. The largest absolute Gasteiger partial charge is 0.385 e. The maximum Gasteiger partial charge on any atom is 0.0948 e. The molecule has 0 aromatic heterocycles. The maximum atomic E-state index is 10.9. The summed E-state index contributed by atoms with van der Waals surface area (Å²) in [5.41, 5.74) is 0.398. The van der Waals surface area contributed by atoms with Gasteiger partial charge in [-0.15, -0.1) is 24.0 Å². The lowest BCUT2D eigenvalue weighted by Crippen LogP contribution is -2.52. The lowest BCUT2D eigenvalue weighted by atomic mass is 9.73. The van der Waals surface area contributed by atoms with Crippen molar-refractivity contribution in [2.75, 3.05) is 13.6 Å². The van der Waals surface area contributed by atoms with Gasteiger partial charge in [0.15, 0.2) is 0 Å². The van der Waals surface area contributed by atoms with Crippen molar-refractivity contribution in [3.8, 4) is 0 Å². The molecule has 1 N–H and O–H groups in total. The van der Waals surface area contributed by atoms with Crippen LogP contribution in [0, 0.1) is 5.92 Å². The molecule has 17 heavy (non-hydrogen) atoms. The Labute approximate surface area is 121 Å². The summed E-state index contributed by atoms with van der Waals surface area (Å²) >= 11 is 0. The van der Waals surface area contributed by atoms with Gasteiger partial charge < -0.3 is 10.0 Å². The number of aliphatic hydroxyl groups is 1. The standard InChI is InChI=1S/C14H21NO.HI/c1-11-12(2)15(3)10-9-14(11,16)13-7-5-4-6-8-13;/h4-8,11-12,16H,9-10H2,1-3H3;1H. The lowest BCUT2D eigenvalue weighted by Gasteiger charge is -2.46. The predicted octanol–water partition coefficient (Wildman–Crippen LogP) is 2.85. The van der Waals surface area contributed by atoms with Crippen molar-refractivity contribution in [1.29, 1.82) is 0 Å². The molecule has 0 radical (unpaired) electrons. The van der Waals surface area contributed by atoms with E-state index in [1.165, 1.54) is 0 Å². The molecule has 2 nitrogen and oxygen atoms in total. The summed E-state index contributed by atoms with van der Waals surface area (Å²) in [6.07, 6.45) is 0.818. The Hall–Kier alpha value is -0.130. The summed E-state index contributed by atoms with van der Waals surface area (Å²) in [6.45, 7) is 5.29. The molecule has 0 saturated carbocycles. The van der Waals surface area contributed by atoms with Gasteiger partial charge in [-0.3, -0.25) is 0 Å². The van der Waals surface area contributed by atoms with Crippen LogP contribution in [-0.2, 0) is 5.60 Å². The highest BCUT2D eigenvalue weighted by atomic mass is 127. The second-order valence-corrected chi connectivity index (χ2v) is 5.05. The van der Waals surface area contributed by atoms with Crippen molar-refractivity contribution in [1.82, 2.24) is 4.90 Å². The van der Waals surface area contributed by atoms with Crippen LogP contribution < -0.4 is 0 Å². The van der Waals surface area contributed by atoms with E-state index in [9.17, 15) is 5.11 Å². The second-order valence-electron chi connectivity index (χ2n) is 5.05. The van der Waals surface area contributed by atoms with Crippen molar-refractivity contribution >= 4 is 24.0 Å². The van der Waals surface area contributed by atoms with Crippen molar-refractivity contribution in [2.45, 2.75) is 31.9 Å². The van der Waals surface area contributed by atoms with Gasteiger partial charge >= 0.3 is 0 Å². The average molecular weight is 347 g/mol. The molecule has 0 aliphatic carbocycles. The monoisotopic (exact) mass is 347 g/mol. The van der Waals surface area contributed by atoms with Gasteiger partial charge in [-0.2, -0.15) is 0 Å². The van der Waals surface area contributed by atoms with Crippen LogP contribution >= 0.6 is 24.0 Å². The summed E-state index contributed by atoms with van der Waals surface area (Å²) in [4.78, 5) is 2.32. The lowest BCUT2D eigenvalue weighted by molar-refractivity contribution is -0.0894. The molecule has 3 atom stereocenters. The Morgan fingerprint density at radius 1 is 1.24 bits per heavy atom. The van der Waals surface area contributed by atoms with E-state index in [0.717, 1.165) is 18.5 Å². The molecule has 96 valence electrons. The van der Waals surface area contributed by atoms with Crippen LogP contribution in [0.3, 0.4) is 0 Å². The Balaban J connectivity index is 0.00000144. The van der Waals surface area contributed by atoms with Crippen LogP contribution in [0.4, 0.5) is 0 Å². The van der Waals surface area contributed by atoms with Crippen LogP contribution in [0.25, 0.3) is 0 Å². The molecule has 3 unspecified atom stereocenters. The van der Waals surface area contributed by atoms with Crippen LogP contribution in [0.1, 0.15) is 25.8 Å². The minimum absolute atomic E-state index is 0. The first-order valence-corrected chi connectivity index (χ1v) is 6.04. The first kappa shape index (κ1) is 14.9. The molecule has 1 aromatic carbocycles. The van der Waals surface area contributed by atoms with Crippen LogP contribution in [-0.4, -0.2) is 29.6 Å². The molecule has 3 heteroatoms. The minimum Gasteiger partial charge on any atom is -0.385 e. The molecule has 1 heterocycles. The average Bonchev–Trinajstić information content (AvgIpc) is 2.33. The number of piperidine rings is 1. The summed E-state index contributed by atoms with van der Waals surface area (Å²) in [5.74, 6) is 0.258. The molecule has 1 aliphatic rings. The van der Waals surface area contributed by atoms with Crippen LogP contribution in [0.15, 0.2) is 30.3 Å². The Morgan fingerprint density at radius 3 is 2.41 bits per heavy atom. The summed E-state index contributed by atoms with van der Waals surface area (Å²) < 4.78 is 0. The van der Waals surface area contributed by atoms with E-state index >= 15 is 0 Å². The topological polar surface area (TPSA) is 23.5 Å². The zero-order valence-corrected chi connectivity index (χ0v) is 13.1. The van der Waals surface area contributed by atoms with E-state index in [1.807, 2.05) is 30.3 Å². The third-order valence-corrected chi connectivity index (χ3v) is 4.29. The van der Waals surface area contributed by atoms with Crippen molar-refractivity contribution < 1.29 is 5.11 Å². The summed E-state index contributed by atoms with van der Waals surface area (Å²) in [6, 6.07) is 10.5. The number of likely N-dealkylation sites (tertiary alicyclic amines) is 1. The number of halogens is 1. The van der Waals surface area contributed by atoms with E-state index in [-0.39, 0.29) is 29.9 Å². The normalized spacial score (nSPS) is 34.1. The second kappa shape index (κ2) is 5.67. The molecular formula is C14H22INO. The molecule has 1 saturated heterocycles. The van der Waals surface area contributed by atoms with E-state index < -0.39 is 5.60 Å². The molecule has 0 bridgehead atoms. The van der Waals surface area contributed by atoms with Crippen molar-refractivity contribution in [2.24, 2.45) is 5.92 Å². The van der Waals surface area contributed by atoms with Gasteiger partial charge in [-0.05, 0) is 26.0 Å². The molecule has 1 aliphatic heterocycles. The van der Waals surface area contributed by atoms with Crippen LogP contribution in [0.2, 0.25) is 0 Å². The van der Waals surface area contributed by atoms with E-state index in [0.29, 0.717) is 6.04 Å². The van der Waals surface area contributed by atoms with E-state index in [1.54, 1.807) is 0 Å². The maximum absolute atomic E-state index is 10.9. The highest BCUT2D eigenvalue weighted by Crippen LogP contribution is 2.39. The Kier molecular flexibility index (Phi) is 4.98. The molecule has 1 fully saturated rings. The van der Waals surface area contributed by atoms with E-state index in [2.05, 4.69) is 25.8 Å². The Bertz CT molecular complexity index is 356. The van der Waals surface area contributed by atoms with Gasteiger partial charge in [0.05, 0.1) is 5.60 Å². The third kappa shape index (κ3) is 2.66. The first-order chi connectivity index (χ1) is 7.55. The molecule has 0 amide bonds. The predicted molar refractivity (Wildman–Crippen MR) is 81.6 cm³/mol. The molecular weight excluding hydrogens is 325 g/mol. The minimum atomic E-state index is -0.660. The van der Waals surface area contributed by atoms with Gasteiger partial charge in [0.2, 0.25) is 0 Å². The van der Waals surface area contributed by atoms with Gasteiger partial charge in [-0.1, -0.05) is 37.3 Å². The molecule has 1 aromatic rings. The van der Waals surface area contributed by atoms with Gasteiger partial charge in [0.1, 0.15) is 0 Å². The van der Waals surface area contributed by atoms with Gasteiger partial charge in [0.25, 0.3) is 0 Å². The third-order valence-electron chi connectivity index (χ3n) is 4.29. The van der Waals surface area contributed by atoms with Gasteiger partial charge in [-0.25, -0.2) is 0 Å². The van der Waals surface area contributed by atoms with Crippen molar-refractivity contribution in [3.05, 3.63) is 35.9 Å².